The summed E-state index contributed by atoms with van der Waals surface area (Å²) in [5, 5.41) is 11.5. The van der Waals surface area contributed by atoms with Gasteiger partial charge in [-0.1, -0.05) is 13.8 Å². The lowest BCUT2D eigenvalue weighted by Gasteiger charge is -2.20. The fourth-order valence-corrected chi connectivity index (χ4v) is 1.85. The Balaban J connectivity index is 4.34. The van der Waals surface area contributed by atoms with Crippen molar-refractivity contribution in [3.8, 4) is 0 Å². The minimum atomic E-state index is -3.19. The minimum Gasteiger partial charge on any atom is -0.480 e. The molecule has 90 valence electrons. The van der Waals surface area contributed by atoms with E-state index < -0.39 is 19.6 Å². The quantitative estimate of drug-likeness (QED) is 0.648. The number of nitrogens with one attached hydrogen (secondary N) is 1. The third-order valence-corrected chi connectivity index (χ3v) is 3.68. The third-order valence-electron chi connectivity index (χ3n) is 1.99. The highest BCUT2D eigenvalue weighted by molar-refractivity contribution is 7.53. The van der Waals surface area contributed by atoms with Crippen molar-refractivity contribution < 1.29 is 23.5 Å². The minimum absolute atomic E-state index is 0.107. The van der Waals surface area contributed by atoms with Gasteiger partial charge in [0.15, 0.2) is 0 Å². The Hall–Kier alpha value is -0.420. The summed E-state index contributed by atoms with van der Waals surface area (Å²) < 4.78 is 20.9. The van der Waals surface area contributed by atoms with Crippen LogP contribution in [0.5, 0.6) is 0 Å². The average Bonchev–Trinajstić information content (AvgIpc) is 2.16. The lowest BCUT2D eigenvalue weighted by molar-refractivity contribution is -0.140. The number of aliphatic carboxylic acids is 1. The van der Waals surface area contributed by atoms with E-state index in [1.54, 1.807) is 13.8 Å². The molecule has 0 aromatic heterocycles. The zero-order chi connectivity index (χ0) is 12.1. The van der Waals surface area contributed by atoms with Crippen LogP contribution < -0.4 is 5.32 Å². The molecule has 0 radical (unpaired) electrons. The first-order valence-electron chi connectivity index (χ1n) is 4.53. The van der Waals surface area contributed by atoms with E-state index in [1.807, 2.05) is 0 Å². The van der Waals surface area contributed by atoms with Crippen molar-refractivity contribution >= 4 is 13.6 Å². The second-order valence-corrected chi connectivity index (χ2v) is 5.67. The van der Waals surface area contributed by atoms with Gasteiger partial charge < -0.3 is 14.2 Å². The van der Waals surface area contributed by atoms with Gasteiger partial charge in [-0.2, -0.15) is 0 Å². The maximum atomic E-state index is 11.6. The van der Waals surface area contributed by atoms with Gasteiger partial charge in [-0.05, 0) is 5.92 Å². The Morgan fingerprint density at radius 3 is 2.13 bits per heavy atom. The molecule has 0 bridgehead atoms. The van der Waals surface area contributed by atoms with Crippen LogP contribution in [0.4, 0.5) is 0 Å². The number of carboxylic acid groups (broad SMARTS) is 1. The fraction of sp³-hybridized carbons (Fsp3) is 0.875. The average molecular weight is 239 g/mol. The maximum absolute atomic E-state index is 11.6. The van der Waals surface area contributed by atoms with Gasteiger partial charge in [0, 0.05) is 14.2 Å². The van der Waals surface area contributed by atoms with Crippen molar-refractivity contribution in [2.24, 2.45) is 5.92 Å². The molecular weight excluding hydrogens is 221 g/mol. The molecule has 0 aliphatic heterocycles. The molecule has 0 heterocycles. The Labute approximate surface area is 89.5 Å². The topological polar surface area (TPSA) is 84.9 Å². The first kappa shape index (κ1) is 14.6. The number of hydrogen-bond acceptors (Lipinski definition) is 5. The zero-order valence-corrected chi connectivity index (χ0v) is 10.3. The number of carboxylic acids is 1. The van der Waals surface area contributed by atoms with Crippen molar-refractivity contribution in [2.45, 2.75) is 19.9 Å². The largest absolute Gasteiger partial charge is 0.480 e. The summed E-state index contributed by atoms with van der Waals surface area (Å²) in [7, 11) is -0.667. The zero-order valence-electron chi connectivity index (χ0n) is 9.39. The monoisotopic (exact) mass is 239 g/mol. The normalized spacial score (nSPS) is 14.2. The maximum Gasteiger partial charge on any atom is 0.343 e. The van der Waals surface area contributed by atoms with Crippen molar-refractivity contribution in [3.63, 3.8) is 0 Å². The van der Waals surface area contributed by atoms with E-state index >= 15 is 0 Å². The van der Waals surface area contributed by atoms with Crippen LogP contribution >= 0.6 is 7.60 Å². The predicted octanol–water partition coefficient (Wildman–Crippen LogP) is 1.13. The number of rotatable bonds is 7. The molecule has 0 aromatic rings. The standard InChI is InChI=1S/C8H18NO5P/c1-6(2)7(8(10)11)9-5-15(12,13-3)14-4/h6-7,9H,5H2,1-4H3,(H,10,11)/t7-/m0/s1. The van der Waals surface area contributed by atoms with E-state index in [0.717, 1.165) is 0 Å². The summed E-state index contributed by atoms with van der Waals surface area (Å²) in [5.41, 5.74) is 0. The smallest absolute Gasteiger partial charge is 0.343 e. The Bertz CT molecular complexity index is 247. The molecule has 0 aliphatic rings. The molecule has 0 rings (SSSR count). The molecule has 0 aliphatic carbocycles. The molecule has 2 N–H and O–H groups in total. The molecule has 6 nitrogen and oxygen atoms in total. The van der Waals surface area contributed by atoms with Crippen LogP contribution in [0.1, 0.15) is 13.8 Å². The Kier molecular flexibility index (Phi) is 6.05. The summed E-state index contributed by atoms with van der Waals surface area (Å²) in [4.78, 5) is 10.8. The van der Waals surface area contributed by atoms with Crippen LogP contribution in [0.2, 0.25) is 0 Å². The third kappa shape index (κ3) is 4.75. The van der Waals surface area contributed by atoms with Crippen LogP contribution in [0, 0.1) is 5.92 Å². The van der Waals surface area contributed by atoms with Gasteiger partial charge in [-0.25, -0.2) is 0 Å². The van der Waals surface area contributed by atoms with E-state index in [0.29, 0.717) is 0 Å². The van der Waals surface area contributed by atoms with Crippen molar-refractivity contribution in [1.29, 1.82) is 0 Å². The van der Waals surface area contributed by atoms with E-state index in [1.165, 1.54) is 14.2 Å². The lowest BCUT2D eigenvalue weighted by Crippen LogP contribution is -2.41. The molecule has 7 heteroatoms. The molecule has 0 fully saturated rings. The molecular formula is C8H18NO5P. The van der Waals surface area contributed by atoms with Crippen molar-refractivity contribution in [1.82, 2.24) is 5.32 Å². The predicted molar refractivity (Wildman–Crippen MR) is 55.9 cm³/mol. The highest BCUT2D eigenvalue weighted by Gasteiger charge is 2.27. The molecule has 0 unspecified atom stereocenters. The van der Waals surface area contributed by atoms with Crippen molar-refractivity contribution in [2.75, 3.05) is 20.5 Å². The van der Waals surface area contributed by atoms with E-state index in [4.69, 9.17) is 5.11 Å². The summed E-state index contributed by atoms with van der Waals surface area (Å²) in [6.07, 6.45) is -0.116. The molecule has 0 amide bonds. The SMILES string of the molecule is COP(=O)(CN[C@H](C(=O)O)C(C)C)OC. The molecule has 1 atom stereocenters. The second-order valence-electron chi connectivity index (χ2n) is 3.40. The fourth-order valence-electron chi connectivity index (χ4n) is 1.02. The van der Waals surface area contributed by atoms with Crippen LogP contribution in [0.25, 0.3) is 0 Å². The highest BCUT2D eigenvalue weighted by atomic mass is 31.2. The van der Waals surface area contributed by atoms with Crippen LogP contribution in [-0.2, 0) is 18.4 Å². The summed E-state index contributed by atoms with van der Waals surface area (Å²) in [6, 6.07) is -0.761. The van der Waals surface area contributed by atoms with Gasteiger partial charge in [0.2, 0.25) is 0 Å². The highest BCUT2D eigenvalue weighted by Crippen LogP contribution is 2.44. The second kappa shape index (κ2) is 6.23. The number of hydrogen-bond donors (Lipinski definition) is 2. The Morgan fingerprint density at radius 2 is 1.87 bits per heavy atom. The Morgan fingerprint density at radius 1 is 1.40 bits per heavy atom. The first-order valence-corrected chi connectivity index (χ1v) is 6.26. The van der Waals surface area contributed by atoms with Gasteiger partial charge in [0.1, 0.15) is 6.04 Å². The summed E-state index contributed by atoms with van der Waals surface area (Å²) in [6.45, 7) is 3.52. The van der Waals surface area contributed by atoms with Crippen LogP contribution in [0.3, 0.4) is 0 Å². The molecule has 0 saturated heterocycles. The van der Waals surface area contributed by atoms with Crippen LogP contribution in [0.15, 0.2) is 0 Å². The molecule has 15 heavy (non-hydrogen) atoms. The van der Waals surface area contributed by atoms with Gasteiger partial charge in [0.25, 0.3) is 0 Å². The van der Waals surface area contributed by atoms with E-state index in [9.17, 15) is 9.36 Å². The van der Waals surface area contributed by atoms with Crippen molar-refractivity contribution in [3.05, 3.63) is 0 Å². The van der Waals surface area contributed by atoms with Crippen LogP contribution in [-0.4, -0.2) is 37.6 Å². The molecule has 0 spiro atoms. The number of carbonyl (C=O) groups is 1. The van der Waals surface area contributed by atoms with Gasteiger partial charge in [0.05, 0.1) is 6.29 Å². The van der Waals surface area contributed by atoms with Gasteiger partial charge >= 0.3 is 13.6 Å². The summed E-state index contributed by atoms with van der Waals surface area (Å²) in [5.74, 6) is -1.09. The summed E-state index contributed by atoms with van der Waals surface area (Å²) >= 11 is 0. The van der Waals surface area contributed by atoms with Gasteiger partial charge in [-0.3, -0.25) is 14.7 Å². The van der Waals surface area contributed by atoms with E-state index in [2.05, 4.69) is 14.4 Å². The van der Waals surface area contributed by atoms with Gasteiger partial charge in [-0.15, -0.1) is 0 Å². The molecule has 0 saturated carbocycles. The first-order chi connectivity index (χ1) is 6.86. The molecule has 0 aromatic carbocycles. The lowest BCUT2D eigenvalue weighted by atomic mass is 10.1. The van der Waals surface area contributed by atoms with E-state index in [-0.39, 0.29) is 12.2 Å².